The van der Waals surface area contributed by atoms with E-state index in [4.69, 9.17) is 0 Å². The lowest BCUT2D eigenvalue weighted by Gasteiger charge is -2.29. The van der Waals surface area contributed by atoms with Crippen LogP contribution in [0, 0.1) is 0 Å². The summed E-state index contributed by atoms with van der Waals surface area (Å²) in [5.74, 6) is 0.267. The van der Waals surface area contributed by atoms with Crippen molar-refractivity contribution >= 4 is 24.1 Å². The molecule has 0 spiro atoms. The highest BCUT2D eigenvalue weighted by atomic mass is 16.2. The molecule has 14 heavy (non-hydrogen) atoms. The minimum Gasteiger partial charge on any atom is -0.269 e. The predicted octanol–water partition coefficient (Wildman–Crippen LogP) is -1.04. The van der Waals surface area contributed by atoms with Gasteiger partial charge in [0, 0.05) is 14.1 Å². The van der Waals surface area contributed by atoms with Gasteiger partial charge in [-0.3, -0.25) is 14.6 Å². The third kappa shape index (κ3) is 0.905. The fraction of sp³-hybridized carbons (Fsp3) is 0.500. The van der Waals surface area contributed by atoms with E-state index in [9.17, 15) is 9.59 Å². The van der Waals surface area contributed by atoms with E-state index in [0.717, 1.165) is 4.90 Å². The van der Waals surface area contributed by atoms with Crippen LogP contribution < -0.4 is 0 Å². The van der Waals surface area contributed by atoms with Gasteiger partial charge in [0.1, 0.15) is 0 Å². The molecule has 0 radical (unpaired) electrons. The van der Waals surface area contributed by atoms with Crippen molar-refractivity contribution in [2.75, 3.05) is 21.1 Å². The molecule has 3 amide bonds. The third-order valence-corrected chi connectivity index (χ3v) is 2.51. The molecule has 0 aromatic rings. The van der Waals surface area contributed by atoms with Crippen molar-refractivity contribution in [1.29, 1.82) is 0 Å². The molecule has 0 N–H and O–H groups in total. The summed E-state index contributed by atoms with van der Waals surface area (Å²) in [5, 5.41) is 0. The fourth-order valence-electron chi connectivity index (χ4n) is 1.62. The SMILES string of the molecule is CN1C(=O)C2C(=NC=[N+]2C)N(C)C1=O. The van der Waals surface area contributed by atoms with Gasteiger partial charge in [0.05, 0.1) is 7.05 Å². The Kier molecular flexibility index (Phi) is 1.67. The molecule has 1 unspecified atom stereocenters. The maximum atomic E-state index is 11.7. The van der Waals surface area contributed by atoms with Crippen LogP contribution in [0.15, 0.2) is 4.99 Å². The van der Waals surface area contributed by atoms with Crippen LogP contribution in [0.2, 0.25) is 0 Å². The first-order chi connectivity index (χ1) is 6.54. The molecule has 0 saturated carbocycles. The molecule has 2 heterocycles. The number of imide groups is 1. The van der Waals surface area contributed by atoms with Crippen LogP contribution in [0.4, 0.5) is 4.79 Å². The molecule has 2 aliphatic rings. The molecule has 1 atom stereocenters. The maximum Gasteiger partial charge on any atom is 0.333 e. The monoisotopic (exact) mass is 195 g/mol. The van der Waals surface area contributed by atoms with Crippen LogP contribution >= 0.6 is 0 Å². The Hall–Kier alpha value is -1.72. The lowest BCUT2D eigenvalue weighted by molar-refractivity contribution is -0.500. The number of carbonyl (C=O) groups excluding carboxylic acids is 2. The Balaban J connectivity index is 2.44. The molecule has 0 bridgehead atoms. The first kappa shape index (κ1) is 8.86. The van der Waals surface area contributed by atoms with Gasteiger partial charge in [-0.25, -0.2) is 9.37 Å². The summed E-state index contributed by atoms with van der Waals surface area (Å²) in [7, 11) is 4.85. The van der Waals surface area contributed by atoms with Gasteiger partial charge in [-0.2, -0.15) is 0 Å². The molecule has 1 fully saturated rings. The standard InChI is InChI=1S/C8H11N4O2/c1-10-4-9-6-5(10)7(13)12(3)8(14)11(6)2/h4-5H,1-3H3/q+1. The van der Waals surface area contributed by atoms with Crippen LogP contribution in [-0.4, -0.2) is 65.7 Å². The van der Waals surface area contributed by atoms with Gasteiger partial charge in [-0.15, -0.1) is 0 Å². The molecule has 0 aliphatic carbocycles. The quantitative estimate of drug-likeness (QED) is 0.464. The van der Waals surface area contributed by atoms with Crippen molar-refractivity contribution in [2.45, 2.75) is 6.04 Å². The Labute approximate surface area is 81.1 Å². The first-order valence-electron chi connectivity index (χ1n) is 4.22. The smallest absolute Gasteiger partial charge is 0.269 e. The van der Waals surface area contributed by atoms with E-state index in [1.165, 1.54) is 11.9 Å². The number of amides is 3. The van der Waals surface area contributed by atoms with Gasteiger partial charge in [0.15, 0.2) is 0 Å². The van der Waals surface area contributed by atoms with Crippen molar-refractivity contribution in [3.63, 3.8) is 0 Å². The van der Waals surface area contributed by atoms with Gasteiger partial charge in [-0.05, 0) is 4.99 Å². The molecule has 0 aromatic carbocycles. The van der Waals surface area contributed by atoms with E-state index in [0.29, 0.717) is 5.84 Å². The van der Waals surface area contributed by atoms with Crippen LogP contribution in [0.3, 0.4) is 0 Å². The van der Waals surface area contributed by atoms with E-state index >= 15 is 0 Å². The van der Waals surface area contributed by atoms with Crippen LogP contribution in [-0.2, 0) is 4.79 Å². The number of nitrogens with zero attached hydrogens (tertiary/aromatic N) is 4. The molecule has 2 rings (SSSR count). The fourth-order valence-corrected chi connectivity index (χ4v) is 1.62. The van der Waals surface area contributed by atoms with Crippen molar-refractivity contribution in [1.82, 2.24) is 9.80 Å². The zero-order chi connectivity index (χ0) is 10.5. The van der Waals surface area contributed by atoms with Gasteiger partial charge in [0.2, 0.25) is 0 Å². The number of carbonyl (C=O) groups is 2. The Morgan fingerprint density at radius 3 is 2.64 bits per heavy atom. The topological polar surface area (TPSA) is 56.0 Å². The minimum absolute atomic E-state index is 0.233. The number of rotatable bonds is 0. The average Bonchev–Trinajstić information content (AvgIpc) is 2.54. The first-order valence-corrected chi connectivity index (χ1v) is 4.22. The molecule has 6 nitrogen and oxygen atoms in total. The molecule has 0 aromatic heterocycles. The number of urea groups is 1. The average molecular weight is 195 g/mol. The number of likely N-dealkylation sites (N-methyl/N-ethyl adjacent to an activating group) is 3. The third-order valence-electron chi connectivity index (χ3n) is 2.51. The molecule has 74 valence electrons. The van der Waals surface area contributed by atoms with Crippen molar-refractivity contribution in [2.24, 2.45) is 4.99 Å². The van der Waals surface area contributed by atoms with Crippen molar-refractivity contribution in [3.05, 3.63) is 0 Å². The summed E-state index contributed by atoms with van der Waals surface area (Å²) in [6.07, 6.45) is 1.56. The summed E-state index contributed by atoms with van der Waals surface area (Å²) in [6, 6.07) is -0.781. The number of aliphatic imine (C=N–C) groups is 1. The number of hydrogen-bond acceptors (Lipinski definition) is 3. The molecule has 1 saturated heterocycles. The number of fused-ring (bicyclic) bond motifs is 1. The molecular weight excluding hydrogens is 184 g/mol. The molecule has 6 heteroatoms. The molecular formula is C8H11N4O2+. The van der Waals surface area contributed by atoms with E-state index in [-0.39, 0.29) is 11.9 Å². The van der Waals surface area contributed by atoms with Crippen LogP contribution in [0.25, 0.3) is 0 Å². The Morgan fingerprint density at radius 1 is 1.36 bits per heavy atom. The van der Waals surface area contributed by atoms with Crippen LogP contribution in [0.1, 0.15) is 0 Å². The minimum atomic E-state index is -0.442. The van der Waals surface area contributed by atoms with Crippen molar-refractivity contribution < 1.29 is 14.2 Å². The second-order valence-electron chi connectivity index (χ2n) is 3.41. The highest BCUT2D eigenvalue weighted by molar-refractivity contribution is 6.21. The second kappa shape index (κ2) is 2.63. The highest BCUT2D eigenvalue weighted by Crippen LogP contribution is 2.15. The molecule has 2 aliphatic heterocycles. The lowest BCUT2D eigenvalue weighted by atomic mass is 10.2. The zero-order valence-electron chi connectivity index (χ0n) is 8.26. The zero-order valence-corrected chi connectivity index (χ0v) is 8.26. The van der Waals surface area contributed by atoms with Crippen LogP contribution in [0.5, 0.6) is 0 Å². The maximum absolute atomic E-state index is 11.7. The van der Waals surface area contributed by atoms with E-state index < -0.39 is 6.04 Å². The van der Waals surface area contributed by atoms with Gasteiger partial charge < -0.3 is 0 Å². The second-order valence-corrected chi connectivity index (χ2v) is 3.41. The Morgan fingerprint density at radius 2 is 2.00 bits per heavy atom. The summed E-state index contributed by atoms with van der Waals surface area (Å²) in [5.41, 5.74) is 0. The normalized spacial score (nSPS) is 26.4. The van der Waals surface area contributed by atoms with Gasteiger partial charge in [-0.1, -0.05) is 0 Å². The summed E-state index contributed by atoms with van der Waals surface area (Å²) < 4.78 is 1.69. The number of amidine groups is 1. The van der Waals surface area contributed by atoms with Gasteiger partial charge >= 0.3 is 6.03 Å². The largest absolute Gasteiger partial charge is 0.333 e. The van der Waals surface area contributed by atoms with E-state index in [2.05, 4.69) is 4.99 Å². The van der Waals surface area contributed by atoms with Crippen molar-refractivity contribution in [3.8, 4) is 0 Å². The summed E-state index contributed by atoms with van der Waals surface area (Å²) >= 11 is 0. The highest BCUT2D eigenvalue weighted by Gasteiger charge is 2.49. The predicted molar refractivity (Wildman–Crippen MR) is 49.4 cm³/mol. The summed E-state index contributed by atoms with van der Waals surface area (Å²) in [6.45, 7) is 0. The van der Waals surface area contributed by atoms with E-state index in [1.807, 2.05) is 0 Å². The van der Waals surface area contributed by atoms with Gasteiger partial charge in [0.25, 0.3) is 24.1 Å². The van der Waals surface area contributed by atoms with E-state index in [1.54, 1.807) is 25.0 Å². The lowest BCUT2D eigenvalue weighted by Crippen LogP contribution is -2.61. The summed E-state index contributed by atoms with van der Waals surface area (Å²) in [4.78, 5) is 29.7. The Bertz CT molecular complexity index is 385. The number of hydrogen-bond donors (Lipinski definition) is 0.